The predicted molar refractivity (Wildman–Crippen MR) is 149 cm³/mol. The van der Waals surface area contributed by atoms with E-state index in [2.05, 4.69) is 44.5 Å². The van der Waals surface area contributed by atoms with E-state index >= 15 is 0 Å². The van der Waals surface area contributed by atoms with Crippen LogP contribution in [0.25, 0.3) is 10.9 Å². The third kappa shape index (κ3) is 5.26. The number of rotatable bonds is 10. The first-order valence-electron chi connectivity index (χ1n) is 13.2. The number of aromatic amines is 1. The molecule has 2 aromatic heterocycles. The van der Waals surface area contributed by atoms with Crippen LogP contribution in [0.2, 0.25) is 0 Å². The van der Waals surface area contributed by atoms with Crippen molar-refractivity contribution in [3.63, 3.8) is 0 Å². The first-order valence-corrected chi connectivity index (χ1v) is 13.2. The van der Waals surface area contributed by atoms with E-state index in [1.165, 1.54) is 0 Å². The molecule has 40 heavy (non-hydrogen) atoms. The van der Waals surface area contributed by atoms with E-state index in [1.807, 2.05) is 65.3 Å². The van der Waals surface area contributed by atoms with E-state index in [0.29, 0.717) is 42.2 Å². The average molecular weight is 539 g/mol. The molecule has 3 aromatic carbocycles. The monoisotopic (exact) mass is 538 g/mol. The van der Waals surface area contributed by atoms with Crippen molar-refractivity contribution in [1.82, 2.24) is 30.1 Å². The number of benzene rings is 3. The lowest BCUT2D eigenvalue weighted by Crippen LogP contribution is -2.32. The number of pyridine rings is 1. The molecule has 1 N–H and O–H groups in total. The molecule has 10 heteroatoms. The lowest BCUT2D eigenvalue weighted by Gasteiger charge is -2.30. The summed E-state index contributed by atoms with van der Waals surface area (Å²) in [6.45, 7) is 3.81. The minimum atomic E-state index is -0.148. The summed E-state index contributed by atoms with van der Waals surface area (Å²) >= 11 is 0. The van der Waals surface area contributed by atoms with Crippen molar-refractivity contribution in [1.29, 1.82) is 0 Å². The minimum absolute atomic E-state index is 0.146. The Labute approximate surface area is 231 Å². The van der Waals surface area contributed by atoms with Gasteiger partial charge in [0.05, 0.1) is 25.2 Å². The van der Waals surface area contributed by atoms with Gasteiger partial charge in [-0.15, -0.1) is 5.10 Å². The highest BCUT2D eigenvalue weighted by molar-refractivity contribution is 5.83. The van der Waals surface area contributed by atoms with Crippen LogP contribution in [0.15, 0.2) is 77.6 Å². The normalized spacial score (nSPS) is 13.2. The molecule has 0 amide bonds. The number of ether oxygens (including phenoxy) is 3. The van der Waals surface area contributed by atoms with Gasteiger partial charge >= 0.3 is 0 Å². The van der Waals surface area contributed by atoms with Crippen LogP contribution in [0, 0.1) is 0 Å². The van der Waals surface area contributed by atoms with E-state index in [9.17, 15) is 4.79 Å². The summed E-state index contributed by atoms with van der Waals surface area (Å²) in [7, 11) is 1.65. The Hall–Kier alpha value is -4.70. The van der Waals surface area contributed by atoms with E-state index in [1.54, 1.807) is 7.11 Å². The number of fused-ring (bicyclic) bond motifs is 2. The zero-order chi connectivity index (χ0) is 27.5. The van der Waals surface area contributed by atoms with Crippen molar-refractivity contribution >= 4 is 10.9 Å². The topological polar surface area (TPSA) is 107 Å². The number of nitrogens with zero attached hydrogens (tertiary/aromatic N) is 5. The van der Waals surface area contributed by atoms with Gasteiger partial charge < -0.3 is 19.2 Å². The largest absolute Gasteiger partial charge is 0.497 e. The molecule has 1 unspecified atom stereocenters. The molecule has 1 atom stereocenters. The van der Waals surface area contributed by atoms with Gasteiger partial charge in [-0.3, -0.25) is 9.69 Å². The highest BCUT2D eigenvalue weighted by atomic mass is 16.7. The Balaban J connectivity index is 1.36. The van der Waals surface area contributed by atoms with Crippen molar-refractivity contribution in [3.05, 3.63) is 106 Å². The molecule has 6 rings (SSSR count). The second-order valence-electron chi connectivity index (χ2n) is 9.77. The third-order valence-corrected chi connectivity index (χ3v) is 7.19. The van der Waals surface area contributed by atoms with Crippen molar-refractivity contribution in [2.75, 3.05) is 13.9 Å². The fourth-order valence-electron chi connectivity index (χ4n) is 5.14. The van der Waals surface area contributed by atoms with Crippen LogP contribution >= 0.6 is 0 Å². The molecule has 204 valence electrons. The maximum Gasteiger partial charge on any atom is 0.252 e. The summed E-state index contributed by atoms with van der Waals surface area (Å²) in [5.74, 6) is 2.85. The van der Waals surface area contributed by atoms with Gasteiger partial charge in [-0.05, 0) is 52.2 Å². The molecule has 1 aliphatic heterocycles. The van der Waals surface area contributed by atoms with Crippen LogP contribution in [0.1, 0.15) is 41.9 Å². The highest BCUT2D eigenvalue weighted by Gasteiger charge is 2.26. The van der Waals surface area contributed by atoms with Gasteiger partial charge in [-0.25, -0.2) is 4.68 Å². The van der Waals surface area contributed by atoms with Crippen molar-refractivity contribution < 1.29 is 14.2 Å². The quantitative estimate of drug-likeness (QED) is 0.278. The lowest BCUT2D eigenvalue weighted by molar-refractivity contribution is 0.161. The van der Waals surface area contributed by atoms with Gasteiger partial charge in [-0.1, -0.05) is 49.4 Å². The van der Waals surface area contributed by atoms with Gasteiger partial charge in [0.15, 0.2) is 17.3 Å². The minimum Gasteiger partial charge on any atom is -0.497 e. The molecule has 3 heterocycles. The van der Waals surface area contributed by atoms with Gasteiger partial charge in [0, 0.05) is 30.1 Å². The van der Waals surface area contributed by atoms with Gasteiger partial charge in [0.2, 0.25) is 6.79 Å². The maximum absolute atomic E-state index is 13.3. The zero-order valence-corrected chi connectivity index (χ0v) is 22.4. The molecule has 5 aromatic rings. The Morgan fingerprint density at radius 1 is 1.00 bits per heavy atom. The summed E-state index contributed by atoms with van der Waals surface area (Å²) < 4.78 is 18.2. The van der Waals surface area contributed by atoms with Gasteiger partial charge in [-0.2, -0.15) is 0 Å². The molecule has 0 aliphatic carbocycles. The van der Waals surface area contributed by atoms with E-state index in [0.717, 1.165) is 34.5 Å². The lowest BCUT2D eigenvalue weighted by atomic mass is 10.1. The maximum atomic E-state index is 13.3. The summed E-state index contributed by atoms with van der Waals surface area (Å²) in [6, 6.07) is 23.6. The van der Waals surface area contributed by atoms with Gasteiger partial charge in [0.1, 0.15) is 5.75 Å². The number of tetrazole rings is 1. The van der Waals surface area contributed by atoms with E-state index in [4.69, 9.17) is 14.2 Å². The fraction of sp³-hybridized carbons (Fsp3) is 0.267. The summed E-state index contributed by atoms with van der Waals surface area (Å²) in [4.78, 5) is 18.6. The average Bonchev–Trinajstić information content (AvgIpc) is 3.63. The predicted octanol–water partition coefficient (Wildman–Crippen LogP) is 4.45. The smallest absolute Gasteiger partial charge is 0.252 e. The number of hydrogen-bond donors (Lipinski definition) is 1. The summed E-state index contributed by atoms with van der Waals surface area (Å²) in [5, 5.41) is 13.7. The zero-order valence-electron chi connectivity index (χ0n) is 22.4. The Morgan fingerprint density at radius 2 is 1.77 bits per heavy atom. The van der Waals surface area contributed by atoms with E-state index in [-0.39, 0.29) is 18.4 Å². The van der Waals surface area contributed by atoms with Crippen LogP contribution in [0.3, 0.4) is 0 Å². The highest BCUT2D eigenvalue weighted by Crippen LogP contribution is 2.35. The van der Waals surface area contributed by atoms with Crippen molar-refractivity contribution in [2.24, 2.45) is 0 Å². The molecular formula is C30H30N6O4. The standard InChI is InChI=1S/C30H30N6O4/c1-3-26(29-32-33-34-36(29)17-20-7-5-4-6-8-20)35(16-21-9-11-24(38-2)12-10-21)18-23-13-22-14-27-28(40-19-39-27)15-25(22)31-30(23)37/h4-15,26H,3,16-19H2,1-2H3,(H,31,37). The fourth-order valence-corrected chi connectivity index (χ4v) is 5.14. The van der Waals surface area contributed by atoms with Crippen LogP contribution in [0.5, 0.6) is 17.2 Å². The molecule has 0 spiro atoms. The Morgan fingerprint density at radius 3 is 2.52 bits per heavy atom. The molecule has 10 nitrogen and oxygen atoms in total. The van der Waals surface area contributed by atoms with Crippen LogP contribution in [-0.2, 0) is 19.6 Å². The Kier molecular flexibility index (Phi) is 7.15. The summed E-state index contributed by atoms with van der Waals surface area (Å²) in [6.07, 6.45) is 0.746. The summed E-state index contributed by atoms with van der Waals surface area (Å²) in [5.41, 5.74) is 3.39. The van der Waals surface area contributed by atoms with Crippen molar-refractivity contribution in [2.45, 2.75) is 39.0 Å². The second-order valence-corrected chi connectivity index (χ2v) is 9.77. The molecule has 1 aliphatic rings. The third-order valence-electron chi connectivity index (χ3n) is 7.19. The van der Waals surface area contributed by atoms with Crippen LogP contribution < -0.4 is 19.8 Å². The molecule has 0 bridgehead atoms. The molecule has 0 saturated heterocycles. The number of methoxy groups -OCH3 is 1. The number of nitrogens with one attached hydrogen (secondary N) is 1. The van der Waals surface area contributed by atoms with Gasteiger partial charge in [0.25, 0.3) is 5.56 Å². The first-order chi connectivity index (χ1) is 19.6. The number of hydrogen-bond acceptors (Lipinski definition) is 8. The number of aromatic nitrogens is 5. The SMILES string of the molecule is CCC(c1nnnn1Cc1ccccc1)N(Cc1ccc(OC)cc1)Cc1cc2cc3c(cc2[nH]c1=O)OCO3. The van der Waals surface area contributed by atoms with E-state index < -0.39 is 0 Å². The molecule has 0 fully saturated rings. The van der Waals surface area contributed by atoms with Crippen LogP contribution in [-0.4, -0.2) is 44.0 Å². The first kappa shape index (κ1) is 25.6. The molecular weight excluding hydrogens is 508 g/mol. The molecule has 0 radical (unpaired) electrons. The second kappa shape index (κ2) is 11.2. The number of H-pyrrole nitrogens is 1. The Bertz CT molecular complexity index is 1670. The molecule has 0 saturated carbocycles. The van der Waals surface area contributed by atoms with Crippen molar-refractivity contribution in [3.8, 4) is 17.2 Å². The van der Waals surface area contributed by atoms with Crippen LogP contribution in [0.4, 0.5) is 0 Å².